The Morgan fingerprint density at radius 1 is 1.24 bits per heavy atom. The number of ether oxygens (including phenoxy) is 1. The fourth-order valence-corrected chi connectivity index (χ4v) is 5.12. The molecule has 2 amide bonds. The number of carbonyl (C=O) groups excluding carboxylic acids is 2. The van der Waals surface area contributed by atoms with Gasteiger partial charge in [0.2, 0.25) is 0 Å². The topological polar surface area (TPSA) is 123 Å². The second-order valence-corrected chi connectivity index (χ2v) is 10.8. The molecule has 1 saturated carbocycles. The van der Waals surface area contributed by atoms with E-state index in [9.17, 15) is 14.7 Å². The lowest BCUT2D eigenvalue weighted by Crippen LogP contribution is -2.34. The van der Waals surface area contributed by atoms with Gasteiger partial charge in [0.15, 0.2) is 5.75 Å². The lowest BCUT2D eigenvalue weighted by molar-refractivity contribution is 0.0572. The number of aliphatic hydroxyl groups is 1. The minimum absolute atomic E-state index is 0.145. The number of nitrogens with zero attached hydrogens (tertiary/aromatic N) is 3. The second-order valence-electron chi connectivity index (χ2n) is 10.8. The van der Waals surface area contributed by atoms with Gasteiger partial charge in [0, 0.05) is 36.8 Å². The van der Waals surface area contributed by atoms with Gasteiger partial charge in [-0.15, -0.1) is 0 Å². The lowest BCUT2D eigenvalue weighted by Gasteiger charge is -2.18. The van der Waals surface area contributed by atoms with Crippen molar-refractivity contribution in [3.8, 4) is 11.5 Å². The van der Waals surface area contributed by atoms with Crippen LogP contribution in [0.2, 0.25) is 0 Å². The number of fused-ring (bicyclic) bond motifs is 2. The fraction of sp³-hybridized carbons (Fsp3) is 0.414. The zero-order chi connectivity index (χ0) is 27.2. The minimum atomic E-state index is -0.869. The second kappa shape index (κ2) is 9.79. The van der Waals surface area contributed by atoms with Gasteiger partial charge in [-0.25, -0.2) is 4.52 Å². The molecule has 1 unspecified atom stereocenters. The van der Waals surface area contributed by atoms with Gasteiger partial charge in [-0.3, -0.25) is 9.59 Å². The Morgan fingerprint density at radius 3 is 2.58 bits per heavy atom. The predicted octanol–water partition coefficient (Wildman–Crippen LogP) is 4.99. The molecule has 1 aliphatic carbocycles. The van der Waals surface area contributed by atoms with Crippen LogP contribution in [0.4, 0.5) is 0 Å². The van der Waals surface area contributed by atoms with Crippen molar-refractivity contribution in [1.29, 1.82) is 0 Å². The van der Waals surface area contributed by atoms with Crippen LogP contribution in [0.5, 0.6) is 11.5 Å². The molecule has 1 atom stereocenters. The highest BCUT2D eigenvalue weighted by molar-refractivity contribution is 6.06. The number of primary amides is 1. The van der Waals surface area contributed by atoms with E-state index < -0.39 is 11.5 Å². The Hall–Kier alpha value is -3.85. The van der Waals surface area contributed by atoms with Gasteiger partial charge in [0.05, 0.1) is 22.9 Å². The number of furan rings is 1. The van der Waals surface area contributed by atoms with Gasteiger partial charge in [0.1, 0.15) is 22.6 Å². The van der Waals surface area contributed by atoms with Crippen LogP contribution in [-0.4, -0.2) is 50.1 Å². The molecule has 0 spiro atoms. The first-order valence-electron chi connectivity index (χ1n) is 13.0. The van der Waals surface area contributed by atoms with Crippen LogP contribution in [0.25, 0.3) is 16.5 Å². The Kier molecular flexibility index (Phi) is 6.65. The molecule has 1 aliphatic heterocycles. The molecular formula is C29H34N4O5. The molecule has 6 rings (SSSR count). The van der Waals surface area contributed by atoms with Crippen LogP contribution in [-0.2, 0) is 0 Å². The van der Waals surface area contributed by atoms with Gasteiger partial charge >= 0.3 is 0 Å². The Labute approximate surface area is 221 Å². The predicted molar refractivity (Wildman–Crippen MR) is 144 cm³/mol. The van der Waals surface area contributed by atoms with Crippen LogP contribution in [0.1, 0.15) is 71.6 Å². The average molecular weight is 519 g/mol. The standard InChI is InChI=1S/C24H24N4O5.C5H10/c1-13-17(23(30)27-9-7-24(3,31)12-27)11-28-21(13)18(6-8-26-28)33-15-4-5-16-19(10-15)32-14(2)20(16)22(25)29;1-5-3-2-4-5/h4-6,8,10-11,31H,7,9,12H2,1-3H3,(H2,25,29);5H,2-4H2,1H3. The van der Waals surface area contributed by atoms with Crippen LogP contribution >= 0.6 is 0 Å². The number of β-amino-alcohol motifs (C(OH)–C–C–N with tert-alkyl or cyclic N) is 1. The molecule has 1 aromatic carbocycles. The number of benzene rings is 1. The van der Waals surface area contributed by atoms with E-state index in [2.05, 4.69) is 12.0 Å². The number of carbonyl (C=O) groups is 2. The van der Waals surface area contributed by atoms with Gasteiger partial charge < -0.3 is 24.9 Å². The SMILES string of the molecule is CC1CCC1.Cc1oc2cc(Oc3ccnn4cc(C(=O)N5CCC(C)(O)C5)c(C)c34)ccc2c1C(N)=O. The van der Waals surface area contributed by atoms with E-state index >= 15 is 0 Å². The highest BCUT2D eigenvalue weighted by atomic mass is 16.5. The van der Waals surface area contributed by atoms with Crippen molar-refractivity contribution in [2.24, 2.45) is 11.7 Å². The van der Waals surface area contributed by atoms with Crippen LogP contribution < -0.4 is 10.5 Å². The summed E-state index contributed by atoms with van der Waals surface area (Å²) in [4.78, 5) is 26.5. The molecule has 1 saturated heterocycles. The summed E-state index contributed by atoms with van der Waals surface area (Å²) in [6.07, 6.45) is 8.29. The van der Waals surface area contributed by atoms with Crippen molar-refractivity contribution in [2.45, 2.75) is 59.0 Å². The molecule has 9 heteroatoms. The number of amides is 2. The molecule has 4 heterocycles. The molecule has 9 nitrogen and oxygen atoms in total. The monoisotopic (exact) mass is 518 g/mol. The van der Waals surface area contributed by atoms with Gasteiger partial charge in [-0.1, -0.05) is 26.2 Å². The number of aromatic nitrogens is 2. The number of hydrogen-bond acceptors (Lipinski definition) is 6. The number of nitrogens with two attached hydrogens (primary N) is 1. The highest BCUT2D eigenvalue weighted by Crippen LogP contribution is 2.34. The maximum absolute atomic E-state index is 13.1. The molecule has 3 aromatic heterocycles. The zero-order valence-corrected chi connectivity index (χ0v) is 22.3. The van der Waals surface area contributed by atoms with Crippen LogP contribution in [0.3, 0.4) is 0 Å². The molecule has 0 bridgehead atoms. The van der Waals surface area contributed by atoms with Crippen LogP contribution in [0.15, 0.2) is 41.1 Å². The van der Waals surface area contributed by atoms with Crippen molar-refractivity contribution in [1.82, 2.24) is 14.5 Å². The highest BCUT2D eigenvalue weighted by Gasteiger charge is 2.35. The first kappa shape index (κ1) is 25.8. The summed E-state index contributed by atoms with van der Waals surface area (Å²) in [5.41, 5.74) is 7.37. The van der Waals surface area contributed by atoms with E-state index in [1.165, 1.54) is 19.3 Å². The van der Waals surface area contributed by atoms with Crippen molar-refractivity contribution < 1.29 is 23.8 Å². The van der Waals surface area contributed by atoms with E-state index in [1.807, 2.05) is 6.92 Å². The first-order chi connectivity index (χ1) is 18.0. The van der Waals surface area contributed by atoms with E-state index in [-0.39, 0.29) is 5.91 Å². The number of aryl methyl sites for hydroxylation is 2. The molecular weight excluding hydrogens is 484 g/mol. The third-order valence-corrected chi connectivity index (χ3v) is 7.57. The summed E-state index contributed by atoms with van der Waals surface area (Å²) in [6.45, 7) is 8.39. The maximum Gasteiger partial charge on any atom is 0.255 e. The third kappa shape index (κ3) is 4.86. The van der Waals surface area contributed by atoms with Crippen molar-refractivity contribution in [3.05, 3.63) is 59.1 Å². The molecule has 2 aliphatic rings. The van der Waals surface area contributed by atoms with Gasteiger partial charge in [0.25, 0.3) is 11.8 Å². The maximum atomic E-state index is 13.1. The summed E-state index contributed by atoms with van der Waals surface area (Å²) in [7, 11) is 0. The molecule has 38 heavy (non-hydrogen) atoms. The fourth-order valence-electron chi connectivity index (χ4n) is 5.12. The Balaban J connectivity index is 0.000000529. The van der Waals surface area contributed by atoms with E-state index in [0.29, 0.717) is 64.4 Å². The average Bonchev–Trinajstić information content (AvgIpc) is 3.49. The van der Waals surface area contributed by atoms with E-state index in [4.69, 9.17) is 14.9 Å². The summed E-state index contributed by atoms with van der Waals surface area (Å²) in [6, 6.07) is 6.89. The quantitative estimate of drug-likeness (QED) is 0.392. The summed E-state index contributed by atoms with van der Waals surface area (Å²) >= 11 is 0. The molecule has 0 radical (unpaired) electrons. The Bertz CT molecular complexity index is 1530. The lowest BCUT2D eigenvalue weighted by atomic mass is 9.88. The molecule has 3 N–H and O–H groups in total. The largest absolute Gasteiger partial charge is 0.460 e. The van der Waals surface area contributed by atoms with E-state index in [0.717, 1.165) is 11.5 Å². The molecule has 4 aromatic rings. The molecule has 2 fully saturated rings. The van der Waals surface area contributed by atoms with Crippen molar-refractivity contribution >= 4 is 28.3 Å². The first-order valence-corrected chi connectivity index (χ1v) is 13.0. The number of rotatable bonds is 4. The van der Waals surface area contributed by atoms with Gasteiger partial charge in [-0.05, 0) is 50.8 Å². The third-order valence-electron chi connectivity index (χ3n) is 7.57. The van der Waals surface area contributed by atoms with Gasteiger partial charge in [-0.2, -0.15) is 5.10 Å². The van der Waals surface area contributed by atoms with E-state index in [1.54, 1.807) is 59.9 Å². The number of likely N-dealkylation sites (tertiary alicyclic amines) is 1. The normalized spacial score (nSPS) is 19.3. The minimum Gasteiger partial charge on any atom is -0.460 e. The van der Waals surface area contributed by atoms with Crippen LogP contribution in [0, 0.1) is 19.8 Å². The smallest absolute Gasteiger partial charge is 0.255 e. The number of hydrogen-bond donors (Lipinski definition) is 2. The summed E-state index contributed by atoms with van der Waals surface area (Å²) in [5, 5.41) is 15.2. The Morgan fingerprint density at radius 2 is 1.97 bits per heavy atom. The summed E-state index contributed by atoms with van der Waals surface area (Å²) < 4.78 is 13.4. The van der Waals surface area contributed by atoms with Crippen molar-refractivity contribution in [2.75, 3.05) is 13.1 Å². The molecule has 200 valence electrons. The van der Waals surface area contributed by atoms with Crippen molar-refractivity contribution in [3.63, 3.8) is 0 Å². The summed E-state index contributed by atoms with van der Waals surface area (Å²) in [5.74, 6) is 1.85. The zero-order valence-electron chi connectivity index (χ0n) is 22.3.